The Hall–Kier alpha value is -1.06. The van der Waals surface area contributed by atoms with Crippen molar-refractivity contribution in [2.45, 2.75) is 44.2 Å². The van der Waals surface area contributed by atoms with Crippen LogP contribution in [0.5, 0.6) is 5.75 Å². The van der Waals surface area contributed by atoms with E-state index in [2.05, 4.69) is 35.5 Å². The highest BCUT2D eigenvalue weighted by molar-refractivity contribution is 5.30. The second-order valence-corrected chi connectivity index (χ2v) is 6.51. The molecule has 1 aromatic rings. The zero-order valence-electron chi connectivity index (χ0n) is 13.3. The van der Waals surface area contributed by atoms with Crippen LogP contribution in [-0.2, 0) is 0 Å². The number of hydrogen-bond acceptors (Lipinski definition) is 3. The van der Waals surface area contributed by atoms with E-state index in [9.17, 15) is 0 Å². The third-order valence-electron chi connectivity index (χ3n) is 5.37. The zero-order valence-corrected chi connectivity index (χ0v) is 13.3. The van der Waals surface area contributed by atoms with Crippen LogP contribution in [0.25, 0.3) is 0 Å². The number of hydrogen-bond donors (Lipinski definition) is 1. The van der Waals surface area contributed by atoms with E-state index < -0.39 is 0 Å². The minimum absolute atomic E-state index is 0.388. The Bertz CT molecular complexity index is 462. The van der Waals surface area contributed by atoms with Gasteiger partial charge in [-0.25, -0.2) is 0 Å². The van der Waals surface area contributed by atoms with E-state index in [0.717, 1.165) is 24.3 Å². The van der Waals surface area contributed by atoms with Crippen LogP contribution in [0.4, 0.5) is 0 Å². The number of ether oxygens (including phenoxy) is 1. The Morgan fingerprint density at radius 2 is 2.14 bits per heavy atom. The summed E-state index contributed by atoms with van der Waals surface area (Å²) < 4.78 is 5.37. The first-order chi connectivity index (χ1) is 10.3. The molecule has 1 heterocycles. The van der Waals surface area contributed by atoms with Crippen LogP contribution in [0.1, 0.15) is 43.7 Å². The van der Waals surface area contributed by atoms with E-state index in [1.54, 1.807) is 7.11 Å². The van der Waals surface area contributed by atoms with Crippen molar-refractivity contribution < 1.29 is 4.74 Å². The van der Waals surface area contributed by atoms with Gasteiger partial charge >= 0.3 is 0 Å². The first-order valence-corrected chi connectivity index (χ1v) is 8.37. The van der Waals surface area contributed by atoms with Crippen molar-refractivity contribution in [2.75, 3.05) is 27.2 Å². The average Bonchev–Trinajstić information content (AvgIpc) is 3.02. The molecule has 3 atom stereocenters. The number of fused-ring (bicyclic) bond motifs is 1. The number of likely N-dealkylation sites (N-methyl/N-ethyl adjacent to an activating group) is 1. The molecule has 1 aliphatic carbocycles. The van der Waals surface area contributed by atoms with Gasteiger partial charge in [-0.3, -0.25) is 4.90 Å². The van der Waals surface area contributed by atoms with Gasteiger partial charge < -0.3 is 10.1 Å². The van der Waals surface area contributed by atoms with Crippen LogP contribution in [0.3, 0.4) is 0 Å². The van der Waals surface area contributed by atoms with Crippen molar-refractivity contribution in [1.29, 1.82) is 0 Å². The SMILES string of the molecule is CNC(CN1CCCC2CCCC21)c1cccc(OC)c1. The van der Waals surface area contributed by atoms with Crippen molar-refractivity contribution in [3.05, 3.63) is 29.8 Å². The van der Waals surface area contributed by atoms with Crippen molar-refractivity contribution in [3.63, 3.8) is 0 Å². The molecule has 0 amide bonds. The molecule has 1 aromatic carbocycles. The highest BCUT2D eigenvalue weighted by Gasteiger charge is 2.35. The topological polar surface area (TPSA) is 24.5 Å². The lowest BCUT2D eigenvalue weighted by molar-refractivity contribution is 0.102. The molecule has 2 aliphatic rings. The van der Waals surface area contributed by atoms with E-state index in [1.807, 2.05) is 6.07 Å². The summed E-state index contributed by atoms with van der Waals surface area (Å²) >= 11 is 0. The Labute approximate surface area is 128 Å². The van der Waals surface area contributed by atoms with Crippen LogP contribution in [0.15, 0.2) is 24.3 Å². The largest absolute Gasteiger partial charge is 0.497 e. The van der Waals surface area contributed by atoms with Crippen LogP contribution in [-0.4, -0.2) is 38.2 Å². The number of benzene rings is 1. The van der Waals surface area contributed by atoms with Gasteiger partial charge in [-0.2, -0.15) is 0 Å². The van der Waals surface area contributed by atoms with Gasteiger partial charge in [-0.1, -0.05) is 18.6 Å². The number of methoxy groups -OCH3 is 1. The van der Waals surface area contributed by atoms with Crippen LogP contribution < -0.4 is 10.1 Å². The standard InChI is InChI=1S/C18H28N2O/c1-19-17(15-7-3-9-16(12-15)21-2)13-20-11-5-8-14-6-4-10-18(14)20/h3,7,9,12,14,17-19H,4-6,8,10-11,13H2,1-2H3. The summed E-state index contributed by atoms with van der Waals surface area (Å²) in [6, 6.07) is 9.70. The summed E-state index contributed by atoms with van der Waals surface area (Å²) in [4.78, 5) is 2.74. The third-order valence-corrected chi connectivity index (χ3v) is 5.37. The molecule has 3 unspecified atom stereocenters. The second-order valence-electron chi connectivity index (χ2n) is 6.51. The molecule has 1 N–H and O–H groups in total. The fraction of sp³-hybridized carbons (Fsp3) is 0.667. The number of rotatable bonds is 5. The molecule has 0 spiro atoms. The maximum Gasteiger partial charge on any atom is 0.119 e. The molecule has 0 bridgehead atoms. The molecule has 3 nitrogen and oxygen atoms in total. The number of piperidine rings is 1. The van der Waals surface area contributed by atoms with E-state index >= 15 is 0 Å². The molecular formula is C18H28N2O. The lowest BCUT2D eigenvalue weighted by atomic mass is 9.91. The summed E-state index contributed by atoms with van der Waals surface area (Å²) in [5.41, 5.74) is 1.33. The van der Waals surface area contributed by atoms with Gasteiger partial charge in [0.15, 0.2) is 0 Å². The Morgan fingerprint density at radius 1 is 1.29 bits per heavy atom. The summed E-state index contributed by atoms with van der Waals surface area (Å²) in [6.45, 7) is 2.38. The van der Waals surface area contributed by atoms with E-state index in [0.29, 0.717) is 6.04 Å². The number of nitrogens with one attached hydrogen (secondary N) is 1. The van der Waals surface area contributed by atoms with Crippen molar-refractivity contribution in [3.8, 4) is 5.75 Å². The van der Waals surface area contributed by atoms with E-state index in [4.69, 9.17) is 4.74 Å². The predicted molar refractivity (Wildman–Crippen MR) is 86.7 cm³/mol. The summed E-state index contributed by atoms with van der Waals surface area (Å²) in [6.07, 6.45) is 7.10. The molecule has 3 heteroatoms. The summed E-state index contributed by atoms with van der Waals surface area (Å²) in [5, 5.41) is 3.50. The quantitative estimate of drug-likeness (QED) is 0.900. The lowest BCUT2D eigenvalue weighted by Gasteiger charge is -2.39. The number of nitrogens with zero attached hydrogens (tertiary/aromatic N) is 1. The minimum Gasteiger partial charge on any atom is -0.497 e. The van der Waals surface area contributed by atoms with Gasteiger partial charge in [0.05, 0.1) is 7.11 Å². The van der Waals surface area contributed by atoms with Crippen LogP contribution in [0, 0.1) is 5.92 Å². The molecule has 21 heavy (non-hydrogen) atoms. The Balaban J connectivity index is 1.71. The third kappa shape index (κ3) is 3.24. The van der Waals surface area contributed by atoms with Gasteiger partial charge in [-0.05, 0) is 62.9 Å². The lowest BCUT2D eigenvalue weighted by Crippen LogP contribution is -2.46. The summed E-state index contributed by atoms with van der Waals surface area (Å²) in [7, 11) is 3.81. The minimum atomic E-state index is 0.388. The van der Waals surface area contributed by atoms with Gasteiger partial charge in [-0.15, -0.1) is 0 Å². The fourth-order valence-electron chi connectivity index (χ4n) is 4.24. The Kier molecular flexibility index (Phi) is 4.81. The molecule has 116 valence electrons. The molecule has 1 saturated carbocycles. The summed E-state index contributed by atoms with van der Waals surface area (Å²) in [5.74, 6) is 1.91. The van der Waals surface area contributed by atoms with Crippen LogP contribution >= 0.6 is 0 Å². The maximum atomic E-state index is 5.37. The highest BCUT2D eigenvalue weighted by Crippen LogP contribution is 2.37. The smallest absolute Gasteiger partial charge is 0.119 e. The van der Waals surface area contributed by atoms with Crippen molar-refractivity contribution in [1.82, 2.24) is 10.2 Å². The van der Waals surface area contributed by atoms with Gasteiger partial charge in [0.1, 0.15) is 5.75 Å². The highest BCUT2D eigenvalue weighted by atomic mass is 16.5. The zero-order chi connectivity index (χ0) is 14.7. The molecule has 1 aliphatic heterocycles. The monoisotopic (exact) mass is 288 g/mol. The van der Waals surface area contributed by atoms with Crippen molar-refractivity contribution in [2.24, 2.45) is 5.92 Å². The number of likely N-dealkylation sites (tertiary alicyclic amines) is 1. The van der Waals surface area contributed by atoms with Gasteiger partial charge in [0, 0.05) is 18.6 Å². The maximum absolute atomic E-state index is 5.37. The van der Waals surface area contributed by atoms with Crippen molar-refractivity contribution >= 4 is 0 Å². The molecular weight excluding hydrogens is 260 g/mol. The van der Waals surface area contributed by atoms with E-state index in [1.165, 1.54) is 44.2 Å². The molecule has 0 radical (unpaired) electrons. The Morgan fingerprint density at radius 3 is 2.95 bits per heavy atom. The average molecular weight is 288 g/mol. The van der Waals surface area contributed by atoms with Gasteiger partial charge in [0.2, 0.25) is 0 Å². The second kappa shape index (κ2) is 6.80. The van der Waals surface area contributed by atoms with E-state index in [-0.39, 0.29) is 0 Å². The molecule has 1 saturated heterocycles. The first kappa shape index (κ1) is 14.9. The van der Waals surface area contributed by atoms with Crippen LogP contribution in [0.2, 0.25) is 0 Å². The predicted octanol–water partition coefficient (Wildman–Crippen LogP) is 3.22. The normalized spacial score (nSPS) is 27.3. The molecule has 0 aromatic heterocycles. The fourth-order valence-corrected chi connectivity index (χ4v) is 4.24. The molecule has 3 rings (SSSR count). The molecule has 2 fully saturated rings. The van der Waals surface area contributed by atoms with Gasteiger partial charge in [0.25, 0.3) is 0 Å². The first-order valence-electron chi connectivity index (χ1n) is 8.37.